The molecule has 2 aromatic carbocycles. The van der Waals surface area contributed by atoms with Gasteiger partial charge >= 0.3 is 0 Å². The van der Waals surface area contributed by atoms with Crippen LogP contribution in [0.1, 0.15) is 16.2 Å². The SMILES string of the molecule is Cn1c(CNC(=O)c2cccnc2SCC(=O)Nc2ccc3c(c2)OCO3)nc2ccccc21. The van der Waals surface area contributed by atoms with Gasteiger partial charge in [-0.3, -0.25) is 9.59 Å². The smallest absolute Gasteiger partial charge is 0.254 e. The molecule has 1 aliphatic heterocycles. The van der Waals surface area contributed by atoms with Gasteiger partial charge in [0, 0.05) is 25.0 Å². The lowest BCUT2D eigenvalue weighted by Gasteiger charge is -2.10. The predicted molar refractivity (Wildman–Crippen MR) is 128 cm³/mol. The third-order valence-corrected chi connectivity index (χ3v) is 6.30. The van der Waals surface area contributed by atoms with Crippen molar-refractivity contribution >= 4 is 40.3 Å². The molecule has 0 fully saturated rings. The number of benzene rings is 2. The molecule has 10 heteroatoms. The van der Waals surface area contributed by atoms with Gasteiger partial charge in [-0.15, -0.1) is 0 Å². The van der Waals surface area contributed by atoms with E-state index in [2.05, 4.69) is 20.6 Å². The molecule has 0 saturated heterocycles. The number of hydrogen-bond donors (Lipinski definition) is 2. The molecule has 34 heavy (non-hydrogen) atoms. The number of ether oxygens (including phenoxy) is 2. The van der Waals surface area contributed by atoms with E-state index in [0.717, 1.165) is 16.9 Å². The highest BCUT2D eigenvalue weighted by Gasteiger charge is 2.17. The lowest BCUT2D eigenvalue weighted by Crippen LogP contribution is -2.25. The number of rotatable bonds is 7. The lowest BCUT2D eigenvalue weighted by molar-refractivity contribution is -0.113. The number of nitrogens with zero attached hydrogens (tertiary/aromatic N) is 3. The summed E-state index contributed by atoms with van der Waals surface area (Å²) in [5.74, 6) is 1.58. The fourth-order valence-corrected chi connectivity index (χ4v) is 4.38. The molecule has 2 amide bonds. The Bertz CT molecular complexity index is 1390. The van der Waals surface area contributed by atoms with Crippen molar-refractivity contribution in [2.45, 2.75) is 11.6 Å². The van der Waals surface area contributed by atoms with Gasteiger partial charge in [0.15, 0.2) is 11.5 Å². The summed E-state index contributed by atoms with van der Waals surface area (Å²) >= 11 is 1.20. The van der Waals surface area contributed by atoms with Crippen LogP contribution < -0.4 is 20.1 Å². The minimum atomic E-state index is -0.279. The Labute approximate surface area is 199 Å². The number of aryl methyl sites for hydroxylation is 1. The van der Waals surface area contributed by atoms with Crippen molar-refractivity contribution in [2.75, 3.05) is 17.9 Å². The topological polar surface area (TPSA) is 107 Å². The second-order valence-corrected chi connectivity index (χ2v) is 8.48. The summed E-state index contributed by atoms with van der Waals surface area (Å²) in [7, 11) is 1.92. The average molecular weight is 476 g/mol. The van der Waals surface area contributed by atoms with Crippen molar-refractivity contribution in [2.24, 2.45) is 7.05 Å². The minimum absolute atomic E-state index is 0.0937. The van der Waals surface area contributed by atoms with Gasteiger partial charge in [0.25, 0.3) is 5.91 Å². The molecule has 5 rings (SSSR count). The fourth-order valence-electron chi connectivity index (χ4n) is 3.59. The van der Waals surface area contributed by atoms with Crippen LogP contribution in [-0.2, 0) is 18.4 Å². The minimum Gasteiger partial charge on any atom is -0.454 e. The van der Waals surface area contributed by atoms with E-state index < -0.39 is 0 Å². The molecule has 2 aromatic heterocycles. The van der Waals surface area contributed by atoms with Gasteiger partial charge in [-0.2, -0.15) is 0 Å². The molecule has 0 unspecified atom stereocenters. The van der Waals surface area contributed by atoms with Gasteiger partial charge in [0.1, 0.15) is 10.9 Å². The number of pyridine rings is 1. The second-order valence-electron chi connectivity index (χ2n) is 7.52. The third kappa shape index (κ3) is 4.53. The molecule has 9 nitrogen and oxygen atoms in total. The highest BCUT2D eigenvalue weighted by atomic mass is 32.2. The summed E-state index contributed by atoms with van der Waals surface area (Å²) in [5.41, 5.74) is 2.89. The maximum absolute atomic E-state index is 12.9. The van der Waals surface area contributed by atoms with Crippen LogP contribution in [0, 0.1) is 0 Å². The van der Waals surface area contributed by atoms with Crippen molar-refractivity contribution in [3.8, 4) is 11.5 Å². The van der Waals surface area contributed by atoms with Crippen molar-refractivity contribution < 1.29 is 19.1 Å². The first-order chi connectivity index (χ1) is 16.6. The zero-order valence-electron chi connectivity index (χ0n) is 18.3. The fraction of sp³-hybridized carbons (Fsp3) is 0.167. The molecular formula is C24H21N5O4S. The summed E-state index contributed by atoms with van der Waals surface area (Å²) in [6.45, 7) is 0.442. The molecule has 0 aliphatic carbocycles. The normalized spacial score (nSPS) is 12.0. The van der Waals surface area contributed by atoms with Crippen molar-refractivity contribution in [1.82, 2.24) is 19.9 Å². The Morgan fingerprint density at radius 2 is 1.94 bits per heavy atom. The van der Waals surface area contributed by atoms with Crippen LogP contribution in [-0.4, -0.2) is 38.9 Å². The van der Waals surface area contributed by atoms with E-state index in [0.29, 0.717) is 27.8 Å². The number of fused-ring (bicyclic) bond motifs is 2. The van der Waals surface area contributed by atoms with E-state index >= 15 is 0 Å². The summed E-state index contributed by atoms with van der Waals surface area (Å²) in [6.07, 6.45) is 1.60. The van der Waals surface area contributed by atoms with E-state index in [1.165, 1.54) is 11.8 Å². The largest absolute Gasteiger partial charge is 0.454 e. The summed E-state index contributed by atoms with van der Waals surface area (Å²) < 4.78 is 12.6. The Morgan fingerprint density at radius 3 is 2.82 bits per heavy atom. The maximum atomic E-state index is 12.9. The van der Waals surface area contributed by atoms with Gasteiger partial charge in [-0.25, -0.2) is 9.97 Å². The summed E-state index contributed by atoms with van der Waals surface area (Å²) in [6, 6.07) is 16.4. The molecule has 0 saturated carbocycles. The van der Waals surface area contributed by atoms with Gasteiger partial charge in [-0.05, 0) is 36.4 Å². The van der Waals surface area contributed by atoms with Crippen LogP contribution >= 0.6 is 11.8 Å². The van der Waals surface area contributed by atoms with E-state index in [1.807, 2.05) is 35.9 Å². The Kier molecular flexibility index (Phi) is 6.05. The number of hydrogen-bond acceptors (Lipinski definition) is 7. The van der Waals surface area contributed by atoms with E-state index in [9.17, 15) is 9.59 Å². The van der Waals surface area contributed by atoms with Gasteiger partial charge in [-0.1, -0.05) is 23.9 Å². The molecule has 2 N–H and O–H groups in total. The van der Waals surface area contributed by atoms with Crippen molar-refractivity contribution in [3.63, 3.8) is 0 Å². The van der Waals surface area contributed by atoms with Crippen LogP contribution in [0.2, 0.25) is 0 Å². The van der Waals surface area contributed by atoms with Crippen molar-refractivity contribution in [1.29, 1.82) is 0 Å². The van der Waals surface area contributed by atoms with Gasteiger partial charge in [0.2, 0.25) is 12.7 Å². The van der Waals surface area contributed by atoms with E-state index in [-0.39, 0.29) is 30.9 Å². The molecule has 3 heterocycles. The maximum Gasteiger partial charge on any atom is 0.254 e. The third-order valence-electron chi connectivity index (χ3n) is 5.30. The Morgan fingerprint density at radius 1 is 1.09 bits per heavy atom. The number of thioether (sulfide) groups is 1. The first-order valence-corrected chi connectivity index (χ1v) is 11.5. The first-order valence-electron chi connectivity index (χ1n) is 10.5. The van der Waals surface area contributed by atoms with Crippen LogP contribution in [0.4, 0.5) is 5.69 Å². The number of nitrogens with one attached hydrogen (secondary N) is 2. The average Bonchev–Trinajstić information content (AvgIpc) is 3.45. The number of aromatic nitrogens is 3. The van der Waals surface area contributed by atoms with Crippen LogP contribution in [0.25, 0.3) is 11.0 Å². The molecular weight excluding hydrogens is 454 g/mol. The van der Waals surface area contributed by atoms with E-state index in [1.54, 1.807) is 36.5 Å². The monoisotopic (exact) mass is 475 g/mol. The quantitative estimate of drug-likeness (QED) is 0.395. The lowest BCUT2D eigenvalue weighted by atomic mass is 10.2. The molecule has 0 spiro atoms. The number of amides is 2. The standard InChI is InChI=1S/C24H21N5O4S/c1-29-18-7-3-2-6-17(18)28-21(29)12-26-23(31)16-5-4-10-25-24(16)34-13-22(30)27-15-8-9-19-20(11-15)33-14-32-19/h2-11H,12-14H2,1H3,(H,26,31)(H,27,30). The summed E-state index contributed by atoms with van der Waals surface area (Å²) in [4.78, 5) is 34.2. The van der Waals surface area contributed by atoms with Crippen LogP contribution in [0.3, 0.4) is 0 Å². The molecule has 4 aromatic rings. The molecule has 0 bridgehead atoms. The van der Waals surface area contributed by atoms with E-state index in [4.69, 9.17) is 9.47 Å². The number of imidazole rings is 1. The molecule has 172 valence electrons. The van der Waals surface area contributed by atoms with Crippen LogP contribution in [0.15, 0.2) is 65.8 Å². The Hall–Kier alpha value is -4.05. The number of carbonyl (C=O) groups is 2. The second kappa shape index (κ2) is 9.44. The zero-order valence-corrected chi connectivity index (χ0v) is 19.1. The zero-order chi connectivity index (χ0) is 23.5. The molecule has 0 radical (unpaired) electrons. The van der Waals surface area contributed by atoms with Gasteiger partial charge < -0.3 is 24.7 Å². The summed E-state index contributed by atoms with van der Waals surface area (Å²) in [5, 5.41) is 6.21. The van der Waals surface area contributed by atoms with Crippen LogP contribution in [0.5, 0.6) is 11.5 Å². The number of carbonyl (C=O) groups excluding carboxylic acids is 2. The van der Waals surface area contributed by atoms with Gasteiger partial charge in [0.05, 0.1) is 28.9 Å². The van der Waals surface area contributed by atoms with Crippen molar-refractivity contribution in [3.05, 3.63) is 72.2 Å². The molecule has 0 atom stereocenters. The number of anilines is 1. The molecule has 1 aliphatic rings. The highest BCUT2D eigenvalue weighted by Crippen LogP contribution is 2.34. The Balaban J connectivity index is 1.21. The highest BCUT2D eigenvalue weighted by molar-refractivity contribution is 8.00. The predicted octanol–water partition coefficient (Wildman–Crippen LogP) is 3.36. The first kappa shape index (κ1) is 21.8. The number of para-hydroxylation sites is 2.